The fourth-order valence-electron chi connectivity index (χ4n) is 2.50. The van der Waals surface area contributed by atoms with Crippen LogP contribution in [0.15, 0.2) is 33.1 Å². The maximum Gasteiger partial charge on any atom is 0.255 e. The number of benzene rings is 1. The Balaban J connectivity index is 1.90. The summed E-state index contributed by atoms with van der Waals surface area (Å²) in [6.45, 7) is 1.76. The zero-order chi connectivity index (χ0) is 18.9. The third-order valence-electron chi connectivity index (χ3n) is 3.64. The molecule has 11 heteroatoms. The minimum Gasteiger partial charge on any atom is -0.496 e. The lowest BCUT2D eigenvalue weighted by atomic mass is 10.2. The van der Waals surface area contributed by atoms with Gasteiger partial charge in [0.1, 0.15) is 5.75 Å². The van der Waals surface area contributed by atoms with Gasteiger partial charge in [0.05, 0.1) is 23.2 Å². The fraction of sp³-hybridized carbons (Fsp3) is 0.333. The SMILES string of the molecule is COc1ccc(C2SCCN2S(=O)(=O)c2cnc(NC(C)=O)s2)cc1Br. The summed E-state index contributed by atoms with van der Waals surface area (Å²) >= 11 is 5.96. The first-order valence-corrected chi connectivity index (χ1v) is 11.6. The highest BCUT2D eigenvalue weighted by molar-refractivity contribution is 9.10. The summed E-state index contributed by atoms with van der Waals surface area (Å²) in [5, 5.41) is 2.46. The van der Waals surface area contributed by atoms with E-state index in [2.05, 4.69) is 26.2 Å². The molecule has 2 aromatic rings. The van der Waals surface area contributed by atoms with Crippen LogP contribution in [0.3, 0.4) is 0 Å². The number of hydrogen-bond donors (Lipinski definition) is 1. The average molecular weight is 478 g/mol. The van der Waals surface area contributed by atoms with E-state index in [9.17, 15) is 13.2 Å². The Morgan fingerprint density at radius 3 is 2.88 bits per heavy atom. The van der Waals surface area contributed by atoms with Gasteiger partial charge in [0.15, 0.2) is 9.34 Å². The number of carbonyl (C=O) groups is 1. The Morgan fingerprint density at radius 1 is 1.46 bits per heavy atom. The van der Waals surface area contributed by atoms with Crippen LogP contribution in [0, 0.1) is 0 Å². The van der Waals surface area contributed by atoms with E-state index in [0.29, 0.717) is 18.0 Å². The maximum atomic E-state index is 13.1. The highest BCUT2D eigenvalue weighted by Gasteiger charge is 2.38. The number of methoxy groups -OCH3 is 1. The number of nitrogens with zero attached hydrogens (tertiary/aromatic N) is 2. The lowest BCUT2D eigenvalue weighted by Gasteiger charge is -2.23. The molecule has 1 aliphatic rings. The Kier molecular flexibility index (Phi) is 5.92. The molecule has 0 radical (unpaired) electrons. The van der Waals surface area contributed by atoms with Gasteiger partial charge in [-0.05, 0) is 33.6 Å². The van der Waals surface area contributed by atoms with Crippen molar-refractivity contribution in [3.05, 3.63) is 34.4 Å². The zero-order valence-corrected chi connectivity index (χ0v) is 18.0. The van der Waals surface area contributed by atoms with Gasteiger partial charge in [-0.1, -0.05) is 17.4 Å². The molecule has 140 valence electrons. The van der Waals surface area contributed by atoms with Crippen LogP contribution < -0.4 is 10.1 Å². The number of amides is 1. The molecule has 1 aromatic heterocycles. The highest BCUT2D eigenvalue weighted by atomic mass is 79.9. The molecule has 7 nitrogen and oxygen atoms in total. The largest absolute Gasteiger partial charge is 0.496 e. The summed E-state index contributed by atoms with van der Waals surface area (Å²) in [7, 11) is -2.13. The minimum absolute atomic E-state index is 0.112. The number of hydrogen-bond acceptors (Lipinski definition) is 7. The molecule has 0 bridgehead atoms. The topological polar surface area (TPSA) is 88.6 Å². The van der Waals surface area contributed by atoms with Crippen LogP contribution in [0.4, 0.5) is 5.13 Å². The van der Waals surface area contributed by atoms with Crippen molar-refractivity contribution in [2.24, 2.45) is 0 Å². The van der Waals surface area contributed by atoms with Crippen molar-refractivity contribution in [3.8, 4) is 5.75 Å². The lowest BCUT2D eigenvalue weighted by Crippen LogP contribution is -2.30. The number of rotatable bonds is 5. The van der Waals surface area contributed by atoms with Gasteiger partial charge in [-0.3, -0.25) is 4.79 Å². The number of sulfonamides is 1. The molecule has 1 fully saturated rings. The Labute approximate surface area is 168 Å². The standard InChI is InChI=1S/C15H16BrN3O4S3/c1-9(20)18-15-17-8-13(25-15)26(21,22)19-5-6-24-14(19)10-3-4-12(23-2)11(16)7-10/h3-4,7-8,14H,5-6H2,1-2H3,(H,17,18,20). The van der Waals surface area contributed by atoms with Crippen LogP contribution in [0.25, 0.3) is 0 Å². The van der Waals surface area contributed by atoms with Crippen LogP contribution in [0.1, 0.15) is 17.9 Å². The molecule has 2 heterocycles. The molecule has 1 atom stereocenters. The van der Waals surface area contributed by atoms with Gasteiger partial charge in [0.25, 0.3) is 10.0 Å². The first-order valence-electron chi connectivity index (χ1n) is 7.53. The Morgan fingerprint density at radius 2 is 2.23 bits per heavy atom. The van der Waals surface area contributed by atoms with Crippen LogP contribution in [-0.2, 0) is 14.8 Å². The molecule has 1 amide bonds. The molecule has 3 rings (SSSR count). The number of anilines is 1. The molecular formula is C15H16BrN3O4S3. The van der Waals surface area contributed by atoms with Gasteiger partial charge in [-0.2, -0.15) is 4.31 Å². The molecule has 0 spiro atoms. The number of ether oxygens (including phenoxy) is 1. The van der Waals surface area contributed by atoms with Crippen molar-refractivity contribution in [2.75, 3.05) is 24.7 Å². The first-order chi connectivity index (χ1) is 12.3. The molecule has 1 aromatic carbocycles. The molecule has 1 aliphatic heterocycles. The van der Waals surface area contributed by atoms with Crippen molar-refractivity contribution < 1.29 is 17.9 Å². The number of halogens is 1. The lowest BCUT2D eigenvalue weighted by molar-refractivity contribution is -0.114. The molecule has 1 saturated heterocycles. The number of nitrogens with one attached hydrogen (secondary N) is 1. The van der Waals surface area contributed by atoms with Gasteiger partial charge in [-0.15, -0.1) is 11.8 Å². The van der Waals surface area contributed by atoms with E-state index in [1.165, 1.54) is 17.4 Å². The van der Waals surface area contributed by atoms with Gasteiger partial charge < -0.3 is 10.1 Å². The Bertz CT molecular complexity index is 932. The third kappa shape index (κ3) is 3.91. The van der Waals surface area contributed by atoms with E-state index in [1.54, 1.807) is 18.9 Å². The Hall–Kier alpha value is -1.14. The predicted molar refractivity (Wildman–Crippen MR) is 106 cm³/mol. The number of carbonyl (C=O) groups excluding carboxylic acids is 1. The summed E-state index contributed by atoms with van der Waals surface area (Å²) in [4.78, 5) is 15.1. The average Bonchev–Trinajstić information content (AvgIpc) is 3.23. The van der Waals surface area contributed by atoms with Crippen molar-refractivity contribution in [1.82, 2.24) is 9.29 Å². The van der Waals surface area contributed by atoms with Gasteiger partial charge >= 0.3 is 0 Å². The number of thiazole rings is 1. The molecule has 0 saturated carbocycles. The summed E-state index contributed by atoms with van der Waals surface area (Å²) in [6.07, 6.45) is 1.29. The molecular weight excluding hydrogens is 462 g/mol. The number of thioether (sulfide) groups is 1. The van der Waals surface area contributed by atoms with Crippen LogP contribution in [0.2, 0.25) is 0 Å². The summed E-state index contributed by atoms with van der Waals surface area (Å²) in [5.74, 6) is 1.10. The van der Waals surface area contributed by atoms with Gasteiger partial charge in [-0.25, -0.2) is 13.4 Å². The molecule has 26 heavy (non-hydrogen) atoms. The summed E-state index contributed by atoms with van der Waals surface area (Å²) in [5.41, 5.74) is 0.871. The van der Waals surface area contributed by atoms with E-state index >= 15 is 0 Å². The first kappa shape index (κ1) is 19.6. The van der Waals surface area contributed by atoms with Crippen LogP contribution in [0.5, 0.6) is 5.75 Å². The van der Waals surface area contributed by atoms with E-state index in [0.717, 1.165) is 21.4 Å². The summed E-state index contributed by atoms with van der Waals surface area (Å²) in [6, 6.07) is 5.55. The second-order valence-corrected chi connectivity index (χ2v) is 10.6. The zero-order valence-electron chi connectivity index (χ0n) is 13.9. The second kappa shape index (κ2) is 7.85. The second-order valence-electron chi connectivity index (χ2n) is 5.40. The monoisotopic (exact) mass is 477 g/mol. The van der Waals surface area contributed by atoms with E-state index in [1.807, 2.05) is 18.2 Å². The van der Waals surface area contributed by atoms with E-state index < -0.39 is 10.0 Å². The smallest absolute Gasteiger partial charge is 0.255 e. The summed E-state index contributed by atoms with van der Waals surface area (Å²) < 4.78 is 33.7. The van der Waals surface area contributed by atoms with Crippen molar-refractivity contribution in [2.45, 2.75) is 16.5 Å². The number of aromatic nitrogens is 1. The van der Waals surface area contributed by atoms with Crippen LogP contribution in [-0.4, -0.2) is 43.0 Å². The van der Waals surface area contributed by atoms with Crippen LogP contribution >= 0.6 is 39.0 Å². The minimum atomic E-state index is -3.71. The predicted octanol–water partition coefficient (Wildman–Crippen LogP) is 3.31. The quantitative estimate of drug-likeness (QED) is 0.710. The van der Waals surface area contributed by atoms with E-state index in [4.69, 9.17) is 4.74 Å². The van der Waals surface area contributed by atoms with E-state index in [-0.39, 0.29) is 20.6 Å². The van der Waals surface area contributed by atoms with Crippen molar-refractivity contribution >= 4 is 60.1 Å². The highest BCUT2D eigenvalue weighted by Crippen LogP contribution is 2.43. The van der Waals surface area contributed by atoms with Gasteiger partial charge in [0.2, 0.25) is 5.91 Å². The van der Waals surface area contributed by atoms with Crippen molar-refractivity contribution in [3.63, 3.8) is 0 Å². The van der Waals surface area contributed by atoms with Crippen molar-refractivity contribution in [1.29, 1.82) is 0 Å². The molecule has 1 unspecified atom stereocenters. The third-order valence-corrected chi connectivity index (χ3v) is 8.87. The maximum absolute atomic E-state index is 13.1. The normalized spacial score (nSPS) is 18.0. The van der Waals surface area contributed by atoms with Gasteiger partial charge in [0, 0.05) is 19.2 Å². The fourth-order valence-corrected chi connectivity index (χ4v) is 7.50. The molecule has 1 N–H and O–H groups in total. The molecule has 0 aliphatic carbocycles.